The predicted molar refractivity (Wildman–Crippen MR) is 84.7 cm³/mol. The third kappa shape index (κ3) is 3.73. The Balaban J connectivity index is 2.78. The van der Waals surface area contributed by atoms with E-state index in [2.05, 4.69) is 24.1 Å². The van der Waals surface area contributed by atoms with E-state index in [-0.39, 0.29) is 11.4 Å². The Labute approximate surface area is 122 Å². The van der Waals surface area contributed by atoms with Crippen LogP contribution in [0.1, 0.15) is 33.3 Å². The molecule has 1 rings (SSSR count). The lowest BCUT2D eigenvalue weighted by molar-refractivity contribution is -0.126. The summed E-state index contributed by atoms with van der Waals surface area (Å²) >= 11 is 0. The fourth-order valence-electron chi connectivity index (χ4n) is 1.71. The number of carbonyl (C=O) groups excluding carboxylic acids is 1. The van der Waals surface area contributed by atoms with E-state index < -0.39 is 5.41 Å². The maximum atomic E-state index is 12.5. The highest BCUT2D eigenvalue weighted by Gasteiger charge is 2.31. The van der Waals surface area contributed by atoms with Crippen LogP contribution in [-0.2, 0) is 10.2 Å². The molecule has 0 unspecified atom stereocenters. The lowest BCUT2D eigenvalue weighted by atomic mass is 9.83. The Hall–Kier alpha value is -1.55. The van der Waals surface area contributed by atoms with Crippen LogP contribution >= 0.6 is 0 Å². The average Bonchev–Trinajstić information content (AvgIpc) is 2.36. The second-order valence-electron chi connectivity index (χ2n) is 6.64. The van der Waals surface area contributed by atoms with Crippen molar-refractivity contribution in [2.45, 2.75) is 38.6 Å². The fourth-order valence-corrected chi connectivity index (χ4v) is 1.71. The van der Waals surface area contributed by atoms with Crippen LogP contribution in [0.3, 0.4) is 0 Å². The molecule has 0 bridgehead atoms. The van der Waals surface area contributed by atoms with Crippen LogP contribution < -0.4 is 11.1 Å². The molecule has 0 aliphatic heterocycles. The molecule has 0 atom stereocenters. The monoisotopic (exact) mass is 277 g/mol. The first-order valence-electron chi connectivity index (χ1n) is 6.89. The first kappa shape index (κ1) is 16.5. The Morgan fingerprint density at radius 3 is 2.10 bits per heavy atom. The minimum absolute atomic E-state index is 0.0252. The number of nitrogens with zero attached hydrogens (tertiary/aromatic N) is 1. The standard InChI is InChI=1S/C16H27N3O/c1-15(2,19(5)6)11-18-14(20)16(3,4)12-7-9-13(17)10-8-12/h7-10H,11,17H2,1-6H3,(H,18,20). The number of anilines is 1. The molecule has 4 heteroatoms. The van der Waals surface area contributed by atoms with Crippen molar-refractivity contribution in [3.05, 3.63) is 29.8 Å². The molecule has 4 nitrogen and oxygen atoms in total. The average molecular weight is 277 g/mol. The highest BCUT2D eigenvalue weighted by atomic mass is 16.2. The summed E-state index contributed by atoms with van der Waals surface area (Å²) in [5.74, 6) is 0.0252. The van der Waals surface area contributed by atoms with Gasteiger partial charge in [0.05, 0.1) is 5.41 Å². The lowest BCUT2D eigenvalue weighted by Gasteiger charge is -2.34. The topological polar surface area (TPSA) is 58.4 Å². The molecule has 3 N–H and O–H groups in total. The summed E-state index contributed by atoms with van der Waals surface area (Å²) < 4.78 is 0. The fraction of sp³-hybridized carbons (Fsp3) is 0.562. The highest BCUT2D eigenvalue weighted by Crippen LogP contribution is 2.24. The number of rotatable bonds is 5. The molecule has 0 aliphatic rings. The highest BCUT2D eigenvalue weighted by molar-refractivity contribution is 5.87. The van der Waals surface area contributed by atoms with Crippen LogP contribution in [-0.4, -0.2) is 37.0 Å². The van der Waals surface area contributed by atoms with Crippen molar-refractivity contribution in [1.29, 1.82) is 0 Å². The van der Waals surface area contributed by atoms with Gasteiger partial charge in [-0.25, -0.2) is 0 Å². The van der Waals surface area contributed by atoms with E-state index >= 15 is 0 Å². The number of nitrogens with one attached hydrogen (secondary N) is 1. The number of carbonyl (C=O) groups is 1. The Bertz CT molecular complexity index is 461. The van der Waals surface area contributed by atoms with Crippen molar-refractivity contribution < 1.29 is 4.79 Å². The van der Waals surface area contributed by atoms with Gasteiger partial charge >= 0.3 is 0 Å². The number of benzene rings is 1. The minimum atomic E-state index is -0.573. The van der Waals surface area contributed by atoms with Gasteiger partial charge in [-0.05, 0) is 59.5 Å². The van der Waals surface area contributed by atoms with Gasteiger partial charge in [0.1, 0.15) is 0 Å². The smallest absolute Gasteiger partial charge is 0.230 e. The first-order chi connectivity index (χ1) is 9.07. The SMILES string of the molecule is CN(C)C(C)(C)CNC(=O)C(C)(C)c1ccc(N)cc1. The van der Waals surface area contributed by atoms with E-state index in [4.69, 9.17) is 5.73 Å². The molecule has 0 heterocycles. The Morgan fingerprint density at radius 2 is 1.65 bits per heavy atom. The van der Waals surface area contributed by atoms with Gasteiger partial charge in [-0.2, -0.15) is 0 Å². The van der Waals surface area contributed by atoms with Gasteiger partial charge in [0.2, 0.25) is 5.91 Å². The van der Waals surface area contributed by atoms with Gasteiger partial charge in [0, 0.05) is 17.8 Å². The predicted octanol–water partition coefficient (Wildman–Crippen LogP) is 2.00. The number of likely N-dealkylation sites (N-methyl/N-ethyl adjacent to an activating group) is 1. The second-order valence-corrected chi connectivity index (χ2v) is 6.64. The summed E-state index contributed by atoms with van der Waals surface area (Å²) in [7, 11) is 4.02. The van der Waals surface area contributed by atoms with E-state index in [1.165, 1.54) is 0 Å². The summed E-state index contributed by atoms with van der Waals surface area (Å²) in [6, 6.07) is 7.47. The number of hydrogen-bond donors (Lipinski definition) is 2. The van der Waals surface area contributed by atoms with Gasteiger partial charge in [-0.1, -0.05) is 12.1 Å². The van der Waals surface area contributed by atoms with E-state index in [1.54, 1.807) is 0 Å². The molecule has 20 heavy (non-hydrogen) atoms. The molecule has 112 valence electrons. The summed E-state index contributed by atoms with van der Waals surface area (Å²) in [5, 5.41) is 3.05. The normalized spacial score (nSPS) is 12.6. The minimum Gasteiger partial charge on any atom is -0.399 e. The molecule has 1 aromatic carbocycles. The molecule has 0 saturated heterocycles. The molecule has 0 saturated carbocycles. The van der Waals surface area contributed by atoms with Crippen LogP contribution in [0.25, 0.3) is 0 Å². The van der Waals surface area contributed by atoms with Crippen molar-refractivity contribution in [3.8, 4) is 0 Å². The Kier molecular flexibility index (Phi) is 4.81. The number of nitrogens with two attached hydrogens (primary N) is 1. The number of nitrogen functional groups attached to an aromatic ring is 1. The molecule has 0 aliphatic carbocycles. The van der Waals surface area contributed by atoms with Gasteiger partial charge in [0.15, 0.2) is 0 Å². The molecule has 0 radical (unpaired) electrons. The molecule has 0 spiro atoms. The van der Waals surface area contributed by atoms with Crippen LogP contribution in [0.2, 0.25) is 0 Å². The van der Waals surface area contributed by atoms with Gasteiger partial charge in [-0.3, -0.25) is 4.79 Å². The van der Waals surface area contributed by atoms with Gasteiger partial charge < -0.3 is 16.0 Å². The van der Waals surface area contributed by atoms with Crippen LogP contribution in [0.5, 0.6) is 0 Å². The molecule has 0 fully saturated rings. The number of hydrogen-bond acceptors (Lipinski definition) is 3. The van der Waals surface area contributed by atoms with Crippen LogP contribution in [0.15, 0.2) is 24.3 Å². The molecular weight excluding hydrogens is 250 g/mol. The Morgan fingerprint density at radius 1 is 1.15 bits per heavy atom. The number of amides is 1. The van der Waals surface area contributed by atoms with E-state index in [0.717, 1.165) is 5.56 Å². The van der Waals surface area contributed by atoms with E-state index in [1.807, 2.05) is 52.2 Å². The molecule has 1 aromatic rings. The van der Waals surface area contributed by atoms with Crippen molar-refractivity contribution in [2.24, 2.45) is 0 Å². The maximum absolute atomic E-state index is 12.5. The summed E-state index contributed by atoms with van der Waals surface area (Å²) in [4.78, 5) is 14.6. The zero-order valence-corrected chi connectivity index (χ0v) is 13.4. The molecular formula is C16H27N3O. The molecule has 0 aromatic heterocycles. The van der Waals surface area contributed by atoms with Crippen LogP contribution in [0.4, 0.5) is 5.69 Å². The van der Waals surface area contributed by atoms with E-state index in [9.17, 15) is 4.79 Å². The van der Waals surface area contributed by atoms with Crippen molar-refractivity contribution >= 4 is 11.6 Å². The summed E-state index contributed by atoms with van der Waals surface area (Å²) in [6.45, 7) is 8.66. The van der Waals surface area contributed by atoms with Gasteiger partial charge in [0.25, 0.3) is 0 Å². The van der Waals surface area contributed by atoms with Gasteiger partial charge in [-0.15, -0.1) is 0 Å². The zero-order chi connectivity index (χ0) is 15.6. The van der Waals surface area contributed by atoms with E-state index in [0.29, 0.717) is 12.2 Å². The van der Waals surface area contributed by atoms with Crippen molar-refractivity contribution in [2.75, 3.05) is 26.4 Å². The lowest BCUT2D eigenvalue weighted by Crippen LogP contribution is -2.51. The quantitative estimate of drug-likeness (QED) is 0.809. The largest absolute Gasteiger partial charge is 0.399 e. The van der Waals surface area contributed by atoms with Crippen molar-refractivity contribution in [3.63, 3.8) is 0 Å². The molecule has 1 amide bonds. The maximum Gasteiger partial charge on any atom is 0.230 e. The zero-order valence-electron chi connectivity index (χ0n) is 13.4. The summed E-state index contributed by atoms with van der Waals surface area (Å²) in [5.41, 5.74) is 6.71. The van der Waals surface area contributed by atoms with Crippen LogP contribution in [0, 0.1) is 0 Å². The second kappa shape index (κ2) is 5.83. The third-order valence-electron chi connectivity index (χ3n) is 4.09. The summed E-state index contributed by atoms with van der Waals surface area (Å²) in [6.07, 6.45) is 0. The first-order valence-corrected chi connectivity index (χ1v) is 6.89. The third-order valence-corrected chi connectivity index (χ3v) is 4.09. The van der Waals surface area contributed by atoms with Crippen molar-refractivity contribution in [1.82, 2.24) is 10.2 Å².